The maximum absolute atomic E-state index is 13.1. The van der Waals surface area contributed by atoms with E-state index < -0.39 is 0 Å². The Balaban J connectivity index is 1.27. The molecule has 1 aliphatic heterocycles. The summed E-state index contributed by atoms with van der Waals surface area (Å²) in [5, 5.41) is 7.67. The fourth-order valence-corrected chi connectivity index (χ4v) is 5.47. The SMILES string of the molecule is Fc1ccc(-c2cnc(Nc3cccc(CC4CCC5CNCC54)n3)s2)cc1. The lowest BCUT2D eigenvalue weighted by Crippen LogP contribution is -2.18. The zero-order chi connectivity index (χ0) is 18.9. The summed E-state index contributed by atoms with van der Waals surface area (Å²) < 4.78 is 13.1. The highest BCUT2D eigenvalue weighted by Crippen LogP contribution is 2.40. The number of fused-ring (bicyclic) bond motifs is 1. The molecule has 2 aromatic heterocycles. The van der Waals surface area contributed by atoms with Crippen molar-refractivity contribution in [1.29, 1.82) is 0 Å². The summed E-state index contributed by atoms with van der Waals surface area (Å²) in [6.45, 7) is 2.36. The van der Waals surface area contributed by atoms with Crippen LogP contribution in [0.4, 0.5) is 15.3 Å². The molecule has 0 amide bonds. The molecule has 0 bridgehead atoms. The van der Waals surface area contributed by atoms with Crippen molar-refractivity contribution in [3.63, 3.8) is 0 Å². The third-order valence-corrected chi connectivity index (χ3v) is 7.02. The molecule has 1 saturated heterocycles. The lowest BCUT2D eigenvalue weighted by atomic mass is 9.89. The number of hydrogen-bond donors (Lipinski definition) is 2. The van der Waals surface area contributed by atoms with Crippen LogP contribution in [0.25, 0.3) is 10.4 Å². The lowest BCUT2D eigenvalue weighted by molar-refractivity contribution is 0.372. The van der Waals surface area contributed by atoms with Gasteiger partial charge in [0.15, 0.2) is 5.13 Å². The van der Waals surface area contributed by atoms with Crippen molar-refractivity contribution in [3.8, 4) is 10.4 Å². The van der Waals surface area contributed by atoms with Crippen LogP contribution < -0.4 is 10.6 Å². The normalized spacial score (nSPS) is 23.7. The van der Waals surface area contributed by atoms with E-state index in [1.54, 1.807) is 23.5 Å². The van der Waals surface area contributed by atoms with Crippen molar-refractivity contribution in [2.75, 3.05) is 18.4 Å². The molecule has 144 valence electrons. The molecule has 0 spiro atoms. The molecule has 1 saturated carbocycles. The number of rotatable bonds is 5. The molecule has 28 heavy (non-hydrogen) atoms. The first-order chi connectivity index (χ1) is 13.7. The Morgan fingerprint density at radius 1 is 1.11 bits per heavy atom. The highest BCUT2D eigenvalue weighted by atomic mass is 32.1. The van der Waals surface area contributed by atoms with Crippen LogP contribution in [0, 0.1) is 23.6 Å². The first-order valence-electron chi connectivity index (χ1n) is 9.90. The average molecular weight is 395 g/mol. The lowest BCUT2D eigenvalue weighted by Gasteiger charge is -2.17. The summed E-state index contributed by atoms with van der Waals surface area (Å²) in [5.41, 5.74) is 2.12. The molecule has 6 heteroatoms. The molecule has 3 atom stereocenters. The van der Waals surface area contributed by atoms with Gasteiger partial charge < -0.3 is 10.6 Å². The van der Waals surface area contributed by atoms with Gasteiger partial charge in [-0.25, -0.2) is 14.4 Å². The molecule has 2 fully saturated rings. The van der Waals surface area contributed by atoms with Crippen LogP contribution in [0.3, 0.4) is 0 Å². The monoisotopic (exact) mass is 394 g/mol. The van der Waals surface area contributed by atoms with Gasteiger partial charge in [0.25, 0.3) is 0 Å². The van der Waals surface area contributed by atoms with Crippen molar-refractivity contribution in [2.24, 2.45) is 17.8 Å². The minimum atomic E-state index is -0.227. The number of nitrogens with zero attached hydrogens (tertiary/aromatic N) is 2. The number of hydrogen-bond acceptors (Lipinski definition) is 5. The summed E-state index contributed by atoms with van der Waals surface area (Å²) in [5.74, 6) is 3.03. The maximum Gasteiger partial charge on any atom is 0.188 e. The standard InChI is InChI=1S/C22H23FN4S/c23-17-8-6-14(7-9-17)20-13-25-22(28-20)27-21-3-1-2-18(26-21)10-15-4-5-16-11-24-12-19(15)16/h1-3,6-9,13,15-16,19,24H,4-5,10-12H2,(H,25,26,27). The molecule has 3 heterocycles. The van der Waals surface area contributed by atoms with Gasteiger partial charge in [-0.15, -0.1) is 0 Å². The smallest absolute Gasteiger partial charge is 0.188 e. The molecular weight excluding hydrogens is 371 g/mol. The van der Waals surface area contributed by atoms with E-state index in [-0.39, 0.29) is 5.82 Å². The first-order valence-corrected chi connectivity index (χ1v) is 10.7. The second kappa shape index (κ2) is 7.60. The van der Waals surface area contributed by atoms with Crippen molar-refractivity contribution < 1.29 is 4.39 Å². The minimum absolute atomic E-state index is 0.227. The molecule has 5 rings (SSSR count). The molecule has 3 unspecified atom stereocenters. The molecule has 0 radical (unpaired) electrons. The Bertz CT molecular complexity index is 955. The number of halogens is 1. The van der Waals surface area contributed by atoms with Crippen LogP contribution >= 0.6 is 11.3 Å². The number of anilines is 2. The molecule has 1 aliphatic carbocycles. The first kappa shape index (κ1) is 17.8. The summed E-state index contributed by atoms with van der Waals surface area (Å²) in [6, 6.07) is 12.7. The summed E-state index contributed by atoms with van der Waals surface area (Å²) >= 11 is 1.55. The fraction of sp³-hybridized carbons (Fsp3) is 0.364. The Hall–Kier alpha value is -2.31. The van der Waals surface area contributed by atoms with E-state index in [0.29, 0.717) is 0 Å². The Morgan fingerprint density at radius 3 is 2.89 bits per heavy atom. The zero-order valence-electron chi connectivity index (χ0n) is 15.6. The maximum atomic E-state index is 13.1. The molecular formula is C22H23FN4S. The van der Waals surface area contributed by atoms with Gasteiger partial charge in [0.05, 0.1) is 4.88 Å². The van der Waals surface area contributed by atoms with Crippen LogP contribution in [0.1, 0.15) is 18.5 Å². The summed E-state index contributed by atoms with van der Waals surface area (Å²) in [7, 11) is 0. The number of benzene rings is 1. The van der Waals surface area contributed by atoms with Crippen LogP contribution in [-0.2, 0) is 6.42 Å². The second-order valence-electron chi connectivity index (χ2n) is 7.80. The third-order valence-electron chi connectivity index (χ3n) is 6.05. The van der Waals surface area contributed by atoms with E-state index in [2.05, 4.69) is 27.8 Å². The molecule has 4 nitrogen and oxygen atoms in total. The van der Waals surface area contributed by atoms with E-state index in [1.165, 1.54) is 38.1 Å². The van der Waals surface area contributed by atoms with E-state index in [9.17, 15) is 4.39 Å². The van der Waals surface area contributed by atoms with Gasteiger partial charge in [-0.1, -0.05) is 29.5 Å². The number of pyridine rings is 1. The number of nitrogens with one attached hydrogen (secondary N) is 2. The van der Waals surface area contributed by atoms with Gasteiger partial charge in [0.2, 0.25) is 0 Å². The van der Waals surface area contributed by atoms with E-state index >= 15 is 0 Å². The Labute approximate surface area is 168 Å². The van der Waals surface area contributed by atoms with Crippen LogP contribution in [-0.4, -0.2) is 23.1 Å². The predicted octanol–water partition coefficient (Wildman–Crippen LogP) is 4.88. The van der Waals surface area contributed by atoms with Crippen molar-refractivity contribution in [2.45, 2.75) is 19.3 Å². The highest BCUT2D eigenvalue weighted by molar-refractivity contribution is 7.18. The minimum Gasteiger partial charge on any atom is -0.316 e. The third kappa shape index (κ3) is 3.66. The number of aromatic nitrogens is 2. The average Bonchev–Trinajstić information content (AvgIpc) is 3.42. The summed E-state index contributed by atoms with van der Waals surface area (Å²) in [4.78, 5) is 10.3. The van der Waals surface area contributed by atoms with Gasteiger partial charge in [-0.2, -0.15) is 0 Å². The predicted molar refractivity (Wildman–Crippen MR) is 111 cm³/mol. The van der Waals surface area contributed by atoms with Crippen molar-refractivity contribution in [1.82, 2.24) is 15.3 Å². The Morgan fingerprint density at radius 2 is 2.00 bits per heavy atom. The van der Waals surface area contributed by atoms with Gasteiger partial charge in [-0.3, -0.25) is 0 Å². The number of thiazole rings is 1. The van der Waals surface area contributed by atoms with Crippen molar-refractivity contribution >= 4 is 22.3 Å². The molecule has 3 aromatic rings. The van der Waals surface area contributed by atoms with Crippen LogP contribution in [0.5, 0.6) is 0 Å². The van der Waals surface area contributed by atoms with Gasteiger partial charge >= 0.3 is 0 Å². The molecule has 2 N–H and O–H groups in total. The fourth-order valence-electron chi connectivity index (χ4n) is 4.64. The Kier molecular flexibility index (Phi) is 4.82. The highest BCUT2D eigenvalue weighted by Gasteiger charge is 2.38. The largest absolute Gasteiger partial charge is 0.316 e. The zero-order valence-corrected chi connectivity index (χ0v) is 16.4. The molecule has 2 aliphatic rings. The van der Waals surface area contributed by atoms with Crippen molar-refractivity contribution in [3.05, 3.63) is 60.2 Å². The van der Waals surface area contributed by atoms with E-state index in [1.807, 2.05) is 12.3 Å². The molecule has 1 aromatic carbocycles. The quantitative estimate of drug-likeness (QED) is 0.648. The second-order valence-corrected chi connectivity index (χ2v) is 8.83. The topological polar surface area (TPSA) is 49.8 Å². The van der Waals surface area contributed by atoms with Gasteiger partial charge in [-0.05, 0) is 79.9 Å². The van der Waals surface area contributed by atoms with Crippen LogP contribution in [0.15, 0.2) is 48.7 Å². The summed E-state index contributed by atoms with van der Waals surface area (Å²) in [6.07, 6.45) is 5.54. The van der Waals surface area contributed by atoms with Gasteiger partial charge in [0.1, 0.15) is 11.6 Å². The van der Waals surface area contributed by atoms with Crippen LogP contribution in [0.2, 0.25) is 0 Å². The van der Waals surface area contributed by atoms with E-state index in [4.69, 9.17) is 4.98 Å². The van der Waals surface area contributed by atoms with E-state index in [0.717, 1.165) is 51.3 Å². The van der Waals surface area contributed by atoms with Gasteiger partial charge in [0, 0.05) is 11.9 Å².